The number of fused-ring (bicyclic) bond motifs is 1. The molecule has 1 aromatic heterocycles. The minimum absolute atomic E-state index is 0.00177. The molecule has 2 fully saturated rings. The Morgan fingerprint density at radius 1 is 1.52 bits per heavy atom. The van der Waals surface area contributed by atoms with Crippen molar-refractivity contribution < 1.29 is 9.53 Å². The molecule has 3 rings (SSSR count). The second-order valence-corrected chi connectivity index (χ2v) is 6.36. The molecule has 6 nitrogen and oxygen atoms in total. The van der Waals surface area contributed by atoms with Crippen LogP contribution >= 0.6 is 0 Å². The lowest BCUT2D eigenvalue weighted by Gasteiger charge is -2.41. The molecule has 0 spiro atoms. The molecule has 1 amide bonds. The first-order valence-electron chi connectivity index (χ1n) is 7.71. The maximum absolute atomic E-state index is 11.4. The minimum atomic E-state index is 0.00177. The lowest BCUT2D eigenvalue weighted by molar-refractivity contribution is -0.140. The van der Waals surface area contributed by atoms with Gasteiger partial charge in [0.15, 0.2) is 0 Å². The first-order chi connectivity index (χ1) is 10.0. The Morgan fingerprint density at radius 3 is 3.05 bits per heavy atom. The fourth-order valence-electron chi connectivity index (χ4n) is 3.09. The Hall–Kier alpha value is -1.40. The van der Waals surface area contributed by atoms with Crippen LogP contribution in [0, 0.1) is 6.92 Å². The third-order valence-electron chi connectivity index (χ3n) is 4.35. The van der Waals surface area contributed by atoms with E-state index in [2.05, 4.69) is 42.3 Å². The van der Waals surface area contributed by atoms with Gasteiger partial charge < -0.3 is 10.1 Å². The standard InChI is InChI=1S/C15H24N4O2/c1-10(2)19-7-12(11(3)17-19)6-18-5-4-14-13(8-18)16-15(20)9-21-14/h7,10,13-14H,4-6,8-9H2,1-3H3,(H,16,20)/t13-,14+/m0/s1. The average molecular weight is 292 g/mol. The topological polar surface area (TPSA) is 59.4 Å². The van der Waals surface area contributed by atoms with Gasteiger partial charge >= 0.3 is 0 Å². The summed E-state index contributed by atoms with van der Waals surface area (Å²) in [7, 11) is 0. The van der Waals surface area contributed by atoms with Crippen LogP contribution in [0.2, 0.25) is 0 Å². The van der Waals surface area contributed by atoms with Gasteiger partial charge in [0.1, 0.15) is 6.61 Å². The van der Waals surface area contributed by atoms with Crippen LogP contribution in [0.15, 0.2) is 6.20 Å². The predicted molar refractivity (Wildman–Crippen MR) is 78.9 cm³/mol. The number of amides is 1. The van der Waals surface area contributed by atoms with Gasteiger partial charge in [0.25, 0.3) is 0 Å². The van der Waals surface area contributed by atoms with E-state index in [-0.39, 0.29) is 24.7 Å². The lowest BCUT2D eigenvalue weighted by atomic mass is 10.00. The summed E-state index contributed by atoms with van der Waals surface area (Å²) in [6, 6.07) is 0.509. The number of morpholine rings is 1. The second kappa shape index (κ2) is 5.77. The van der Waals surface area contributed by atoms with E-state index < -0.39 is 0 Å². The second-order valence-electron chi connectivity index (χ2n) is 6.36. The predicted octanol–water partition coefficient (Wildman–Crippen LogP) is 0.862. The largest absolute Gasteiger partial charge is 0.366 e. The van der Waals surface area contributed by atoms with Crippen molar-refractivity contribution in [1.29, 1.82) is 0 Å². The van der Waals surface area contributed by atoms with E-state index in [1.165, 1.54) is 5.56 Å². The SMILES string of the molecule is Cc1nn(C(C)C)cc1CN1CC[C@H]2OCC(=O)N[C@H]2C1. The summed E-state index contributed by atoms with van der Waals surface area (Å²) in [5.74, 6) is 0.00177. The highest BCUT2D eigenvalue weighted by molar-refractivity contribution is 5.78. The molecule has 1 aromatic rings. The molecule has 0 radical (unpaired) electrons. The van der Waals surface area contributed by atoms with Crippen molar-refractivity contribution in [2.45, 2.75) is 51.9 Å². The number of hydrogen-bond acceptors (Lipinski definition) is 4. The third kappa shape index (κ3) is 3.11. The van der Waals surface area contributed by atoms with E-state index in [0.29, 0.717) is 6.04 Å². The van der Waals surface area contributed by atoms with Crippen LogP contribution in [0.1, 0.15) is 37.6 Å². The van der Waals surface area contributed by atoms with E-state index in [9.17, 15) is 4.79 Å². The smallest absolute Gasteiger partial charge is 0.246 e. The van der Waals surface area contributed by atoms with Gasteiger partial charge in [0.2, 0.25) is 5.91 Å². The van der Waals surface area contributed by atoms with Crippen LogP contribution in [-0.2, 0) is 16.1 Å². The molecule has 6 heteroatoms. The number of carbonyl (C=O) groups is 1. The highest BCUT2D eigenvalue weighted by Gasteiger charge is 2.34. The number of carbonyl (C=O) groups excluding carboxylic acids is 1. The van der Waals surface area contributed by atoms with Crippen LogP contribution in [0.4, 0.5) is 0 Å². The zero-order chi connectivity index (χ0) is 15.0. The van der Waals surface area contributed by atoms with Crippen molar-refractivity contribution in [3.8, 4) is 0 Å². The van der Waals surface area contributed by atoms with E-state index >= 15 is 0 Å². The molecule has 0 aliphatic carbocycles. The summed E-state index contributed by atoms with van der Waals surface area (Å²) >= 11 is 0. The van der Waals surface area contributed by atoms with Gasteiger partial charge in [-0.2, -0.15) is 5.10 Å². The van der Waals surface area contributed by atoms with E-state index in [1.807, 2.05) is 4.68 Å². The molecule has 2 atom stereocenters. The van der Waals surface area contributed by atoms with E-state index in [1.54, 1.807) is 0 Å². The highest BCUT2D eigenvalue weighted by Crippen LogP contribution is 2.20. The van der Waals surface area contributed by atoms with Crippen molar-refractivity contribution in [2.75, 3.05) is 19.7 Å². The Morgan fingerprint density at radius 2 is 2.33 bits per heavy atom. The average Bonchev–Trinajstić information content (AvgIpc) is 2.80. The number of nitrogens with one attached hydrogen (secondary N) is 1. The van der Waals surface area contributed by atoms with Gasteiger partial charge in [-0.25, -0.2) is 0 Å². The summed E-state index contributed by atoms with van der Waals surface area (Å²) in [6.45, 7) is 9.28. The number of aryl methyl sites for hydroxylation is 1. The highest BCUT2D eigenvalue weighted by atomic mass is 16.5. The zero-order valence-electron chi connectivity index (χ0n) is 13.0. The lowest BCUT2D eigenvalue weighted by Crippen LogP contribution is -2.60. The molecule has 3 heterocycles. The number of aromatic nitrogens is 2. The summed E-state index contributed by atoms with van der Waals surface area (Å²) < 4.78 is 7.61. The number of rotatable bonds is 3. The molecular weight excluding hydrogens is 268 g/mol. The Kier molecular flexibility index (Phi) is 3.99. The Balaban J connectivity index is 1.64. The first-order valence-corrected chi connectivity index (χ1v) is 7.71. The molecule has 1 N–H and O–H groups in total. The van der Waals surface area contributed by atoms with Crippen LogP contribution < -0.4 is 5.32 Å². The van der Waals surface area contributed by atoms with Crippen molar-refractivity contribution in [2.24, 2.45) is 0 Å². The molecule has 0 unspecified atom stereocenters. The van der Waals surface area contributed by atoms with Gasteiger partial charge in [-0.15, -0.1) is 0 Å². The maximum Gasteiger partial charge on any atom is 0.246 e. The third-order valence-corrected chi connectivity index (χ3v) is 4.35. The Labute approximate surface area is 125 Å². The van der Waals surface area contributed by atoms with Crippen molar-refractivity contribution in [3.05, 3.63) is 17.5 Å². The fourth-order valence-corrected chi connectivity index (χ4v) is 3.09. The molecule has 21 heavy (non-hydrogen) atoms. The summed E-state index contributed by atoms with van der Waals surface area (Å²) in [5.41, 5.74) is 2.36. The molecule has 0 saturated carbocycles. The molecule has 2 saturated heterocycles. The number of likely N-dealkylation sites (tertiary alicyclic amines) is 1. The van der Waals surface area contributed by atoms with Crippen molar-refractivity contribution in [3.63, 3.8) is 0 Å². The van der Waals surface area contributed by atoms with Gasteiger partial charge in [-0.1, -0.05) is 0 Å². The summed E-state index contributed by atoms with van der Waals surface area (Å²) in [4.78, 5) is 13.8. The number of piperidine rings is 1. The van der Waals surface area contributed by atoms with Gasteiger partial charge in [-0.05, 0) is 27.2 Å². The monoisotopic (exact) mass is 292 g/mol. The van der Waals surface area contributed by atoms with Crippen molar-refractivity contribution in [1.82, 2.24) is 20.0 Å². The normalized spacial score (nSPS) is 26.8. The molecule has 0 aromatic carbocycles. The summed E-state index contributed by atoms with van der Waals surface area (Å²) in [6.07, 6.45) is 3.29. The Bertz CT molecular complexity index is 526. The first kappa shape index (κ1) is 14.5. The summed E-state index contributed by atoms with van der Waals surface area (Å²) in [5, 5.41) is 7.61. The van der Waals surface area contributed by atoms with Gasteiger partial charge in [0.05, 0.1) is 17.8 Å². The van der Waals surface area contributed by atoms with Crippen LogP contribution in [0.3, 0.4) is 0 Å². The number of nitrogens with zero attached hydrogens (tertiary/aromatic N) is 3. The molecule has 0 bridgehead atoms. The van der Waals surface area contributed by atoms with Gasteiger partial charge in [0, 0.05) is 37.4 Å². The van der Waals surface area contributed by atoms with Crippen LogP contribution in [0.5, 0.6) is 0 Å². The van der Waals surface area contributed by atoms with E-state index in [4.69, 9.17) is 4.74 Å². The molecule has 116 valence electrons. The van der Waals surface area contributed by atoms with Crippen LogP contribution in [0.25, 0.3) is 0 Å². The maximum atomic E-state index is 11.4. The zero-order valence-corrected chi connectivity index (χ0v) is 13.0. The van der Waals surface area contributed by atoms with Crippen molar-refractivity contribution >= 4 is 5.91 Å². The minimum Gasteiger partial charge on any atom is -0.366 e. The molecule has 2 aliphatic rings. The number of ether oxygens (including phenoxy) is 1. The van der Waals surface area contributed by atoms with Crippen LogP contribution in [-0.4, -0.2) is 52.4 Å². The quantitative estimate of drug-likeness (QED) is 0.898. The molecule has 2 aliphatic heterocycles. The fraction of sp³-hybridized carbons (Fsp3) is 0.733. The van der Waals surface area contributed by atoms with Gasteiger partial charge in [-0.3, -0.25) is 14.4 Å². The molecular formula is C15H24N4O2. The van der Waals surface area contributed by atoms with E-state index in [0.717, 1.165) is 31.7 Å². The number of hydrogen-bond donors (Lipinski definition) is 1.